The van der Waals surface area contributed by atoms with Crippen LogP contribution in [-0.4, -0.2) is 66.1 Å². The minimum absolute atomic E-state index is 0.00674. The molecule has 10 heteroatoms. The molecule has 2 atom stereocenters. The zero-order valence-electron chi connectivity index (χ0n) is 20.2. The summed E-state index contributed by atoms with van der Waals surface area (Å²) >= 11 is 1.44. The third-order valence-electron chi connectivity index (χ3n) is 7.25. The van der Waals surface area contributed by atoms with E-state index in [9.17, 15) is 9.18 Å². The Hall–Kier alpha value is -2.82. The molecule has 3 fully saturated rings. The van der Waals surface area contributed by atoms with E-state index in [1.807, 2.05) is 18.4 Å². The summed E-state index contributed by atoms with van der Waals surface area (Å²) in [7, 11) is 1.58. The van der Waals surface area contributed by atoms with Crippen LogP contribution in [0.25, 0.3) is 21.3 Å². The van der Waals surface area contributed by atoms with E-state index in [1.165, 1.54) is 23.7 Å². The van der Waals surface area contributed by atoms with Crippen molar-refractivity contribution in [3.05, 3.63) is 41.3 Å². The second kappa shape index (κ2) is 9.24. The number of hydrogen-bond acceptors (Lipinski definition) is 8. The predicted molar refractivity (Wildman–Crippen MR) is 131 cm³/mol. The molecule has 3 aromatic rings. The molecular formula is C26H28FN3O5S. The molecule has 1 amide bonds. The van der Waals surface area contributed by atoms with Gasteiger partial charge in [0.05, 0.1) is 25.3 Å². The number of fused-ring (bicyclic) bond motifs is 3. The van der Waals surface area contributed by atoms with Gasteiger partial charge in [0.1, 0.15) is 28.5 Å². The molecule has 190 valence electrons. The Kier molecular flexibility index (Phi) is 6.05. The molecule has 36 heavy (non-hydrogen) atoms. The first kappa shape index (κ1) is 23.6. The smallest absolute Gasteiger partial charge is 0.410 e. The van der Waals surface area contributed by atoms with Crippen molar-refractivity contribution in [2.24, 2.45) is 11.8 Å². The van der Waals surface area contributed by atoms with Gasteiger partial charge in [0.2, 0.25) is 5.88 Å². The standard InChI is InChI=1S/C26H28FN3O5S/c1-26(5-6-26)35-25(31)30-8-16-11-33-12-17(9-30)22(16)34-24-23-21(28-14-29-24)19(13-36-23)18-4-3-15(10-32-2)7-20(18)27/h3-4,7,13-14,16-17,22H,5-6,8-12H2,1-2H3. The lowest BCUT2D eigenvalue weighted by Crippen LogP contribution is -2.59. The van der Waals surface area contributed by atoms with Crippen LogP contribution < -0.4 is 4.74 Å². The average molecular weight is 514 g/mol. The second-order valence-corrected chi connectivity index (χ2v) is 11.0. The summed E-state index contributed by atoms with van der Waals surface area (Å²) in [6, 6.07) is 5.10. The average Bonchev–Trinajstić information content (AvgIpc) is 3.41. The number of carbonyl (C=O) groups excluding carboxylic acids is 1. The van der Waals surface area contributed by atoms with Crippen molar-refractivity contribution in [1.29, 1.82) is 0 Å². The number of likely N-dealkylation sites (tertiary alicyclic amines) is 1. The van der Waals surface area contributed by atoms with Crippen molar-refractivity contribution < 1.29 is 28.1 Å². The van der Waals surface area contributed by atoms with Gasteiger partial charge in [-0.15, -0.1) is 11.3 Å². The van der Waals surface area contributed by atoms with E-state index in [0.29, 0.717) is 55.4 Å². The van der Waals surface area contributed by atoms with Gasteiger partial charge >= 0.3 is 6.09 Å². The first-order valence-corrected chi connectivity index (χ1v) is 13.0. The maximum Gasteiger partial charge on any atom is 0.410 e. The van der Waals surface area contributed by atoms with Crippen LogP contribution in [0.1, 0.15) is 25.3 Å². The Morgan fingerprint density at radius 1 is 1.22 bits per heavy atom. The normalized spacial score (nSPS) is 24.5. The lowest BCUT2D eigenvalue weighted by Gasteiger charge is -2.46. The highest BCUT2D eigenvalue weighted by Crippen LogP contribution is 2.41. The zero-order valence-corrected chi connectivity index (χ0v) is 21.1. The molecule has 1 aromatic carbocycles. The van der Waals surface area contributed by atoms with E-state index >= 15 is 0 Å². The van der Waals surface area contributed by atoms with Gasteiger partial charge in [-0.3, -0.25) is 0 Å². The summed E-state index contributed by atoms with van der Waals surface area (Å²) in [6.45, 7) is 4.36. The van der Waals surface area contributed by atoms with E-state index in [0.717, 1.165) is 23.1 Å². The Balaban J connectivity index is 1.23. The SMILES string of the molecule is COCc1ccc(-c2csc3c(OC4C5COCC4CN(C(=O)OC4(C)CC4)C5)ncnc23)c(F)c1. The van der Waals surface area contributed by atoms with Gasteiger partial charge in [-0.25, -0.2) is 19.2 Å². The number of piperidine rings is 1. The fourth-order valence-electron chi connectivity index (χ4n) is 5.06. The first-order chi connectivity index (χ1) is 17.4. The van der Waals surface area contributed by atoms with Crippen molar-refractivity contribution in [1.82, 2.24) is 14.9 Å². The maximum atomic E-state index is 14.9. The Morgan fingerprint density at radius 3 is 2.69 bits per heavy atom. The lowest BCUT2D eigenvalue weighted by molar-refractivity contribution is -0.111. The van der Waals surface area contributed by atoms with Crippen LogP contribution in [0.4, 0.5) is 9.18 Å². The fourth-order valence-corrected chi connectivity index (χ4v) is 6.01. The highest BCUT2D eigenvalue weighted by molar-refractivity contribution is 7.18. The monoisotopic (exact) mass is 513 g/mol. The Bertz CT molecular complexity index is 1280. The zero-order chi connectivity index (χ0) is 24.9. The number of thiophene rings is 1. The number of aromatic nitrogens is 2. The van der Waals surface area contributed by atoms with Crippen molar-refractivity contribution in [2.75, 3.05) is 33.4 Å². The van der Waals surface area contributed by atoms with Gasteiger partial charge in [0.25, 0.3) is 0 Å². The summed E-state index contributed by atoms with van der Waals surface area (Å²) in [4.78, 5) is 23.4. The number of rotatable bonds is 6. The van der Waals surface area contributed by atoms with Crippen molar-refractivity contribution in [3.63, 3.8) is 0 Å². The van der Waals surface area contributed by atoms with Crippen LogP contribution in [0, 0.1) is 17.7 Å². The molecule has 4 heterocycles. The summed E-state index contributed by atoms with van der Waals surface area (Å²) < 4.78 is 38.8. The van der Waals surface area contributed by atoms with Crippen LogP contribution in [0.5, 0.6) is 5.88 Å². The van der Waals surface area contributed by atoms with Crippen molar-refractivity contribution in [3.8, 4) is 17.0 Å². The number of methoxy groups -OCH3 is 1. The number of hydrogen-bond donors (Lipinski definition) is 0. The number of benzene rings is 1. The van der Waals surface area contributed by atoms with Gasteiger partial charge in [-0.1, -0.05) is 12.1 Å². The van der Waals surface area contributed by atoms with Gasteiger partial charge in [0, 0.05) is 48.5 Å². The minimum Gasteiger partial charge on any atom is -0.472 e. The quantitative estimate of drug-likeness (QED) is 0.474. The number of ether oxygens (including phenoxy) is 4. The summed E-state index contributed by atoms with van der Waals surface area (Å²) in [5.74, 6) is 0.173. The van der Waals surface area contributed by atoms with E-state index in [2.05, 4.69) is 9.97 Å². The minimum atomic E-state index is -0.323. The molecular weight excluding hydrogens is 485 g/mol. The first-order valence-electron chi connectivity index (χ1n) is 12.2. The molecule has 3 aliphatic rings. The van der Waals surface area contributed by atoms with E-state index < -0.39 is 0 Å². The fraction of sp³-hybridized carbons (Fsp3) is 0.500. The van der Waals surface area contributed by atoms with E-state index in [4.69, 9.17) is 18.9 Å². The third kappa shape index (κ3) is 4.42. The largest absolute Gasteiger partial charge is 0.472 e. The maximum absolute atomic E-state index is 14.9. The molecule has 2 unspecified atom stereocenters. The van der Waals surface area contributed by atoms with Gasteiger partial charge in [0.15, 0.2) is 0 Å². The number of halogens is 1. The second-order valence-electron chi connectivity index (χ2n) is 10.1. The molecule has 8 nitrogen and oxygen atoms in total. The number of carbonyl (C=O) groups is 1. The van der Waals surface area contributed by atoms with Crippen LogP contribution in [0.15, 0.2) is 29.9 Å². The highest BCUT2D eigenvalue weighted by atomic mass is 32.1. The third-order valence-corrected chi connectivity index (χ3v) is 8.21. The molecule has 2 bridgehead atoms. The molecule has 0 spiro atoms. The van der Waals surface area contributed by atoms with E-state index in [1.54, 1.807) is 18.1 Å². The van der Waals surface area contributed by atoms with Crippen LogP contribution >= 0.6 is 11.3 Å². The Morgan fingerprint density at radius 2 is 2.00 bits per heavy atom. The van der Waals surface area contributed by atoms with Crippen molar-refractivity contribution in [2.45, 2.75) is 38.1 Å². The van der Waals surface area contributed by atoms with E-state index in [-0.39, 0.29) is 35.5 Å². The number of nitrogens with zero attached hydrogens (tertiary/aromatic N) is 3. The highest BCUT2D eigenvalue weighted by Gasteiger charge is 2.47. The van der Waals surface area contributed by atoms with Gasteiger partial charge in [-0.05, 0) is 31.4 Å². The summed E-state index contributed by atoms with van der Waals surface area (Å²) in [5.41, 5.74) is 2.31. The molecule has 1 aliphatic carbocycles. The van der Waals surface area contributed by atoms with Crippen LogP contribution in [-0.2, 0) is 20.8 Å². The topological polar surface area (TPSA) is 83.0 Å². The predicted octanol–water partition coefficient (Wildman–Crippen LogP) is 4.66. The van der Waals surface area contributed by atoms with Crippen LogP contribution in [0.3, 0.4) is 0 Å². The van der Waals surface area contributed by atoms with Crippen LogP contribution in [0.2, 0.25) is 0 Å². The molecule has 0 N–H and O–H groups in total. The molecule has 1 saturated carbocycles. The Labute approximate surface area is 212 Å². The van der Waals surface area contributed by atoms with Crippen molar-refractivity contribution >= 4 is 27.6 Å². The number of amides is 1. The summed E-state index contributed by atoms with van der Waals surface area (Å²) in [5, 5.41) is 1.89. The molecule has 6 rings (SSSR count). The molecule has 0 radical (unpaired) electrons. The molecule has 2 aromatic heterocycles. The molecule has 2 aliphatic heterocycles. The lowest BCUT2D eigenvalue weighted by atomic mass is 9.84. The molecule has 2 saturated heterocycles. The summed E-state index contributed by atoms with van der Waals surface area (Å²) in [6.07, 6.45) is 2.90. The van der Waals surface area contributed by atoms with Gasteiger partial charge < -0.3 is 23.8 Å². The van der Waals surface area contributed by atoms with Gasteiger partial charge in [-0.2, -0.15) is 0 Å².